The number of rotatable bonds is 4. The molecule has 7 nitrogen and oxygen atoms in total. The Balaban J connectivity index is 2.16. The van der Waals surface area contributed by atoms with Crippen LogP contribution in [0.25, 0.3) is 0 Å². The van der Waals surface area contributed by atoms with E-state index in [1.54, 1.807) is 24.3 Å². The lowest BCUT2D eigenvalue weighted by molar-refractivity contribution is -0.384. The summed E-state index contributed by atoms with van der Waals surface area (Å²) in [6, 6.07) is 9.79. The van der Waals surface area contributed by atoms with Crippen LogP contribution in [-0.4, -0.2) is 25.1 Å². The second-order valence-corrected chi connectivity index (χ2v) is 5.45. The van der Waals surface area contributed by atoms with E-state index in [2.05, 4.69) is 5.32 Å². The van der Waals surface area contributed by atoms with Crippen molar-refractivity contribution in [3.63, 3.8) is 0 Å². The molecule has 0 saturated carbocycles. The van der Waals surface area contributed by atoms with Crippen LogP contribution in [0.5, 0.6) is 11.5 Å². The maximum atomic E-state index is 12.1. The van der Waals surface area contributed by atoms with E-state index in [4.69, 9.17) is 9.47 Å². The molecule has 1 N–H and O–H groups in total. The summed E-state index contributed by atoms with van der Waals surface area (Å²) in [5.74, 6) is 0.648. The minimum Gasteiger partial charge on any atom is -0.497 e. The fraction of sp³-hybridized carbons (Fsp3) is 0.235. The molecular formula is C17H16N2O5. The van der Waals surface area contributed by atoms with Crippen molar-refractivity contribution in [3.8, 4) is 11.5 Å². The smallest absolute Gasteiger partial charge is 0.269 e. The summed E-state index contributed by atoms with van der Waals surface area (Å²) in [5, 5.41) is 13.9. The Morgan fingerprint density at radius 3 is 2.67 bits per heavy atom. The number of carbonyl (C=O) groups excluding carboxylic acids is 1. The fourth-order valence-corrected chi connectivity index (χ4v) is 2.98. The van der Waals surface area contributed by atoms with Gasteiger partial charge in [0, 0.05) is 42.2 Å². The van der Waals surface area contributed by atoms with Crippen LogP contribution in [0.2, 0.25) is 0 Å². The lowest BCUT2D eigenvalue weighted by Crippen LogP contribution is -2.24. The van der Waals surface area contributed by atoms with E-state index in [-0.39, 0.29) is 23.9 Å². The Kier molecular flexibility index (Phi) is 4.07. The largest absolute Gasteiger partial charge is 0.497 e. The number of fused-ring (bicyclic) bond motifs is 1. The summed E-state index contributed by atoms with van der Waals surface area (Å²) in [6.45, 7) is 0. The van der Waals surface area contributed by atoms with Crippen LogP contribution < -0.4 is 14.8 Å². The minimum atomic E-state index is -0.446. The number of methoxy groups -OCH3 is 2. The zero-order valence-electron chi connectivity index (χ0n) is 13.2. The van der Waals surface area contributed by atoms with E-state index in [9.17, 15) is 14.9 Å². The van der Waals surface area contributed by atoms with Crippen LogP contribution in [-0.2, 0) is 4.79 Å². The molecule has 2 aromatic carbocycles. The summed E-state index contributed by atoms with van der Waals surface area (Å²) in [4.78, 5) is 22.7. The zero-order valence-corrected chi connectivity index (χ0v) is 13.2. The van der Waals surface area contributed by atoms with Crippen LogP contribution >= 0.6 is 0 Å². The fourth-order valence-electron chi connectivity index (χ4n) is 2.98. The van der Waals surface area contributed by atoms with Crippen LogP contribution in [0, 0.1) is 10.1 Å². The number of anilines is 1. The van der Waals surface area contributed by atoms with Gasteiger partial charge in [0.1, 0.15) is 11.5 Å². The molecular weight excluding hydrogens is 312 g/mol. The van der Waals surface area contributed by atoms with Crippen molar-refractivity contribution in [3.05, 3.63) is 57.6 Å². The number of nitrogens with one attached hydrogen (secondary N) is 1. The maximum Gasteiger partial charge on any atom is 0.269 e. The molecule has 0 spiro atoms. The van der Waals surface area contributed by atoms with E-state index in [1.165, 1.54) is 26.4 Å². The molecule has 1 amide bonds. The molecule has 0 saturated heterocycles. The molecule has 0 fully saturated rings. The molecule has 124 valence electrons. The standard InChI is InChI=1S/C17H16N2O5/c1-23-12-7-14-17(15(8-12)24-2)13(9-16(20)18-14)10-4-3-5-11(6-10)19(21)22/h3-8,13H,9H2,1-2H3,(H,18,20). The number of hydrogen-bond acceptors (Lipinski definition) is 5. The Morgan fingerprint density at radius 2 is 2.00 bits per heavy atom. The van der Waals surface area contributed by atoms with Crippen LogP contribution in [0.4, 0.5) is 11.4 Å². The molecule has 2 aromatic rings. The predicted octanol–water partition coefficient (Wildman–Crippen LogP) is 3.09. The number of ether oxygens (including phenoxy) is 2. The highest BCUT2D eigenvalue weighted by molar-refractivity contribution is 5.96. The average Bonchev–Trinajstić information content (AvgIpc) is 2.59. The van der Waals surface area contributed by atoms with Crippen molar-refractivity contribution in [1.82, 2.24) is 0 Å². The lowest BCUT2D eigenvalue weighted by atomic mass is 9.84. The Morgan fingerprint density at radius 1 is 1.21 bits per heavy atom. The number of nitro groups is 1. The van der Waals surface area contributed by atoms with E-state index in [0.29, 0.717) is 22.7 Å². The Hall–Kier alpha value is -3.09. The van der Waals surface area contributed by atoms with Gasteiger partial charge in [0.2, 0.25) is 5.91 Å². The van der Waals surface area contributed by atoms with E-state index >= 15 is 0 Å². The van der Waals surface area contributed by atoms with E-state index in [0.717, 1.165) is 5.56 Å². The van der Waals surface area contributed by atoms with Crippen molar-refractivity contribution >= 4 is 17.3 Å². The molecule has 0 aliphatic carbocycles. The third-order valence-corrected chi connectivity index (χ3v) is 4.07. The van der Waals surface area contributed by atoms with Crippen molar-refractivity contribution in [2.24, 2.45) is 0 Å². The highest BCUT2D eigenvalue weighted by atomic mass is 16.6. The van der Waals surface area contributed by atoms with Gasteiger partial charge in [0.25, 0.3) is 5.69 Å². The minimum absolute atomic E-state index is 0.00694. The number of benzene rings is 2. The molecule has 24 heavy (non-hydrogen) atoms. The first kappa shape index (κ1) is 15.8. The normalized spacial score (nSPS) is 16.1. The molecule has 1 aliphatic rings. The predicted molar refractivity (Wildman–Crippen MR) is 87.7 cm³/mol. The topological polar surface area (TPSA) is 90.7 Å². The van der Waals surface area contributed by atoms with Crippen LogP contribution in [0.3, 0.4) is 0 Å². The van der Waals surface area contributed by atoms with Gasteiger partial charge >= 0.3 is 0 Å². The lowest BCUT2D eigenvalue weighted by Gasteiger charge is -2.28. The summed E-state index contributed by atoms with van der Waals surface area (Å²) in [5.41, 5.74) is 2.08. The highest BCUT2D eigenvalue weighted by Gasteiger charge is 2.31. The van der Waals surface area contributed by atoms with Crippen molar-refractivity contribution in [1.29, 1.82) is 0 Å². The monoisotopic (exact) mass is 328 g/mol. The Bertz CT molecular complexity index is 819. The molecule has 1 aliphatic heterocycles. The van der Waals surface area contributed by atoms with Crippen molar-refractivity contribution in [2.45, 2.75) is 12.3 Å². The zero-order chi connectivity index (χ0) is 17.3. The summed E-state index contributed by atoms with van der Waals surface area (Å²) >= 11 is 0. The third-order valence-electron chi connectivity index (χ3n) is 4.07. The maximum absolute atomic E-state index is 12.1. The molecule has 7 heteroatoms. The number of nitro benzene ring substituents is 1. The van der Waals surface area contributed by atoms with Gasteiger partial charge in [-0.25, -0.2) is 0 Å². The molecule has 0 aromatic heterocycles. The van der Waals surface area contributed by atoms with Gasteiger partial charge in [-0.1, -0.05) is 12.1 Å². The number of amides is 1. The summed E-state index contributed by atoms with van der Waals surface area (Å²) < 4.78 is 10.7. The Labute approximate surface area is 138 Å². The van der Waals surface area contributed by atoms with Gasteiger partial charge in [-0.15, -0.1) is 0 Å². The number of carbonyl (C=O) groups is 1. The third kappa shape index (κ3) is 2.76. The summed E-state index contributed by atoms with van der Waals surface area (Å²) in [6.07, 6.45) is 0.191. The molecule has 3 rings (SSSR count). The first-order chi connectivity index (χ1) is 11.5. The molecule has 1 unspecified atom stereocenters. The molecule has 1 atom stereocenters. The van der Waals surface area contributed by atoms with E-state index < -0.39 is 4.92 Å². The highest BCUT2D eigenvalue weighted by Crippen LogP contribution is 2.45. The van der Waals surface area contributed by atoms with Crippen molar-refractivity contribution < 1.29 is 19.2 Å². The number of hydrogen-bond donors (Lipinski definition) is 1. The van der Waals surface area contributed by atoms with Gasteiger partial charge < -0.3 is 14.8 Å². The molecule has 0 bridgehead atoms. The van der Waals surface area contributed by atoms with Gasteiger partial charge in [-0.2, -0.15) is 0 Å². The SMILES string of the molecule is COc1cc2c(c(OC)c1)C(c1cccc([N+](=O)[O-])c1)CC(=O)N2. The van der Waals surface area contributed by atoms with Gasteiger partial charge in [-0.05, 0) is 5.56 Å². The van der Waals surface area contributed by atoms with Gasteiger partial charge in [0.05, 0.1) is 24.8 Å². The van der Waals surface area contributed by atoms with E-state index in [1.807, 2.05) is 0 Å². The number of nitrogens with zero attached hydrogens (tertiary/aromatic N) is 1. The first-order valence-electron chi connectivity index (χ1n) is 7.33. The van der Waals surface area contributed by atoms with Crippen molar-refractivity contribution in [2.75, 3.05) is 19.5 Å². The van der Waals surface area contributed by atoms with Gasteiger partial charge in [-0.3, -0.25) is 14.9 Å². The molecule has 1 heterocycles. The van der Waals surface area contributed by atoms with Crippen LogP contribution in [0.1, 0.15) is 23.5 Å². The second kappa shape index (κ2) is 6.19. The average molecular weight is 328 g/mol. The number of non-ortho nitro benzene ring substituents is 1. The quantitative estimate of drug-likeness (QED) is 0.688. The first-order valence-corrected chi connectivity index (χ1v) is 7.33. The molecule has 0 radical (unpaired) electrons. The van der Waals surface area contributed by atoms with Crippen LogP contribution in [0.15, 0.2) is 36.4 Å². The van der Waals surface area contributed by atoms with Gasteiger partial charge in [0.15, 0.2) is 0 Å². The second-order valence-electron chi connectivity index (χ2n) is 5.45. The summed E-state index contributed by atoms with van der Waals surface area (Å²) in [7, 11) is 3.07.